The number of hydrogen-bond acceptors (Lipinski definition) is 3. The van der Waals surface area contributed by atoms with Crippen molar-refractivity contribution in [3.8, 4) is 0 Å². The second-order valence-corrected chi connectivity index (χ2v) is 8.17. The van der Waals surface area contributed by atoms with Crippen molar-refractivity contribution in [3.05, 3.63) is 35.9 Å². The first-order chi connectivity index (χ1) is 9.93. The quantitative estimate of drug-likeness (QED) is 0.675. The van der Waals surface area contributed by atoms with E-state index in [1.807, 2.05) is 6.07 Å². The van der Waals surface area contributed by atoms with Gasteiger partial charge in [0, 0.05) is 24.0 Å². The third-order valence-corrected chi connectivity index (χ3v) is 5.15. The van der Waals surface area contributed by atoms with Gasteiger partial charge in [0.15, 0.2) is 0 Å². The molecule has 0 aromatic heterocycles. The molecular weight excluding hydrogens is 282 g/mol. The Kier molecular flexibility index (Phi) is 7.40. The van der Waals surface area contributed by atoms with Crippen molar-refractivity contribution in [2.45, 2.75) is 44.9 Å². The van der Waals surface area contributed by atoms with Crippen molar-refractivity contribution in [1.29, 1.82) is 0 Å². The minimum absolute atomic E-state index is 0.0289. The van der Waals surface area contributed by atoms with Crippen molar-refractivity contribution in [1.82, 2.24) is 5.32 Å². The second kappa shape index (κ2) is 8.54. The molecule has 0 spiro atoms. The molecule has 1 rings (SSSR count). The third-order valence-electron chi connectivity index (χ3n) is 4.12. The normalized spacial score (nSPS) is 14.8. The molecule has 120 valence electrons. The lowest BCUT2D eigenvalue weighted by molar-refractivity contribution is 0.351. The van der Waals surface area contributed by atoms with Gasteiger partial charge in [0.25, 0.3) is 0 Å². The zero-order valence-electron chi connectivity index (χ0n) is 13.6. The predicted molar refractivity (Wildman–Crippen MR) is 90.5 cm³/mol. The number of nitrogens with one attached hydrogen (secondary N) is 1. The van der Waals surface area contributed by atoms with Crippen molar-refractivity contribution in [3.63, 3.8) is 0 Å². The standard InChI is InChI=1S/C17H29NO2S/c1-4-13-18-15-17(5-2,12-9-14-21(3,19)20)16-10-7-6-8-11-16/h6-8,10-11,18H,4-5,9,12-15H2,1-3H3. The van der Waals surface area contributed by atoms with Gasteiger partial charge in [-0.1, -0.05) is 44.2 Å². The van der Waals surface area contributed by atoms with E-state index in [0.29, 0.717) is 0 Å². The molecule has 4 heteroatoms. The van der Waals surface area contributed by atoms with Gasteiger partial charge in [-0.2, -0.15) is 0 Å². The Hall–Kier alpha value is -0.870. The minimum atomic E-state index is -2.88. The van der Waals surface area contributed by atoms with Crippen LogP contribution in [-0.2, 0) is 15.3 Å². The number of benzene rings is 1. The van der Waals surface area contributed by atoms with Crippen LogP contribution in [0.5, 0.6) is 0 Å². The molecule has 1 unspecified atom stereocenters. The van der Waals surface area contributed by atoms with Crippen LogP contribution in [0.25, 0.3) is 0 Å². The molecule has 1 N–H and O–H groups in total. The highest BCUT2D eigenvalue weighted by molar-refractivity contribution is 7.90. The van der Waals surface area contributed by atoms with Crippen molar-refractivity contribution in [2.24, 2.45) is 0 Å². The molecule has 0 amide bonds. The summed E-state index contributed by atoms with van der Waals surface area (Å²) in [7, 11) is -2.88. The van der Waals surface area contributed by atoms with Gasteiger partial charge in [-0.15, -0.1) is 0 Å². The molecule has 0 saturated carbocycles. The second-order valence-electron chi connectivity index (χ2n) is 5.91. The minimum Gasteiger partial charge on any atom is -0.316 e. The number of rotatable bonds is 10. The number of hydrogen-bond donors (Lipinski definition) is 1. The molecule has 1 atom stereocenters. The Labute approximate surface area is 130 Å². The SMILES string of the molecule is CCCNCC(CC)(CCCS(C)(=O)=O)c1ccccc1. The summed E-state index contributed by atoms with van der Waals surface area (Å²) in [4.78, 5) is 0. The Morgan fingerprint density at radius 1 is 1.14 bits per heavy atom. The van der Waals surface area contributed by atoms with E-state index in [2.05, 4.69) is 43.4 Å². The summed E-state index contributed by atoms with van der Waals surface area (Å²) in [5.41, 5.74) is 1.34. The van der Waals surface area contributed by atoms with Crippen molar-refractivity contribution >= 4 is 9.84 Å². The van der Waals surface area contributed by atoms with Crippen LogP contribution in [-0.4, -0.2) is 33.5 Å². The molecule has 1 aromatic carbocycles. The maximum atomic E-state index is 11.4. The molecule has 0 saturated heterocycles. The maximum absolute atomic E-state index is 11.4. The van der Waals surface area contributed by atoms with Gasteiger partial charge in [-0.25, -0.2) is 8.42 Å². The summed E-state index contributed by atoms with van der Waals surface area (Å²) in [5.74, 6) is 0.273. The third kappa shape index (κ3) is 6.18. The van der Waals surface area contributed by atoms with Gasteiger partial charge in [-0.3, -0.25) is 0 Å². The molecule has 0 bridgehead atoms. The van der Waals surface area contributed by atoms with Crippen LogP contribution in [0.2, 0.25) is 0 Å². The van der Waals surface area contributed by atoms with E-state index in [-0.39, 0.29) is 11.2 Å². The summed E-state index contributed by atoms with van der Waals surface area (Å²) in [5, 5.41) is 3.52. The van der Waals surface area contributed by atoms with Gasteiger partial charge in [0.05, 0.1) is 0 Å². The molecule has 1 aromatic rings. The lowest BCUT2D eigenvalue weighted by atomic mass is 9.74. The first-order valence-corrected chi connectivity index (χ1v) is 9.93. The molecule has 0 aliphatic rings. The lowest BCUT2D eigenvalue weighted by Crippen LogP contribution is -2.38. The van der Waals surface area contributed by atoms with Gasteiger partial charge < -0.3 is 5.32 Å². The van der Waals surface area contributed by atoms with Crippen molar-refractivity contribution < 1.29 is 8.42 Å². The largest absolute Gasteiger partial charge is 0.316 e. The van der Waals surface area contributed by atoms with Crippen LogP contribution < -0.4 is 5.32 Å². The van der Waals surface area contributed by atoms with Crippen LogP contribution in [0.1, 0.15) is 45.1 Å². The van der Waals surface area contributed by atoms with Crippen LogP contribution in [0.3, 0.4) is 0 Å². The predicted octanol–water partition coefficient (Wildman–Crippen LogP) is 3.16. The fraction of sp³-hybridized carbons (Fsp3) is 0.647. The monoisotopic (exact) mass is 311 g/mol. The lowest BCUT2D eigenvalue weighted by Gasteiger charge is -2.34. The van der Waals surface area contributed by atoms with Crippen molar-refractivity contribution in [2.75, 3.05) is 25.1 Å². The van der Waals surface area contributed by atoms with Crippen LogP contribution in [0.4, 0.5) is 0 Å². The fourth-order valence-corrected chi connectivity index (χ4v) is 3.48. The van der Waals surface area contributed by atoms with Gasteiger partial charge in [0.1, 0.15) is 9.84 Å². The molecule has 21 heavy (non-hydrogen) atoms. The first kappa shape index (κ1) is 18.2. The summed E-state index contributed by atoms with van der Waals surface area (Å²) < 4.78 is 22.8. The Morgan fingerprint density at radius 3 is 2.33 bits per heavy atom. The first-order valence-electron chi connectivity index (χ1n) is 7.87. The number of sulfone groups is 1. The van der Waals surface area contributed by atoms with Gasteiger partial charge in [-0.05, 0) is 37.8 Å². The van der Waals surface area contributed by atoms with E-state index in [0.717, 1.165) is 38.8 Å². The molecular formula is C17H29NO2S. The van der Waals surface area contributed by atoms with E-state index in [9.17, 15) is 8.42 Å². The Bertz CT molecular complexity index is 499. The van der Waals surface area contributed by atoms with E-state index in [4.69, 9.17) is 0 Å². The topological polar surface area (TPSA) is 46.2 Å². The van der Waals surface area contributed by atoms with E-state index < -0.39 is 9.84 Å². The van der Waals surface area contributed by atoms with Crippen LogP contribution >= 0.6 is 0 Å². The summed E-state index contributed by atoms with van der Waals surface area (Å²) in [6.45, 7) is 6.26. The highest BCUT2D eigenvalue weighted by Gasteiger charge is 2.29. The Balaban J connectivity index is 2.86. The smallest absolute Gasteiger partial charge is 0.147 e. The van der Waals surface area contributed by atoms with E-state index >= 15 is 0 Å². The molecule has 0 radical (unpaired) electrons. The van der Waals surface area contributed by atoms with Crippen LogP contribution in [0, 0.1) is 0 Å². The van der Waals surface area contributed by atoms with E-state index in [1.165, 1.54) is 11.8 Å². The summed E-state index contributed by atoms with van der Waals surface area (Å²) in [6, 6.07) is 10.5. The molecule has 0 aliphatic carbocycles. The average Bonchev–Trinajstić information content (AvgIpc) is 2.45. The Morgan fingerprint density at radius 2 is 1.81 bits per heavy atom. The summed E-state index contributed by atoms with van der Waals surface area (Å²) in [6.07, 6.45) is 5.06. The highest BCUT2D eigenvalue weighted by atomic mass is 32.2. The maximum Gasteiger partial charge on any atom is 0.147 e. The summed E-state index contributed by atoms with van der Waals surface area (Å²) >= 11 is 0. The zero-order chi connectivity index (χ0) is 15.8. The highest BCUT2D eigenvalue weighted by Crippen LogP contribution is 2.32. The van der Waals surface area contributed by atoms with Gasteiger partial charge >= 0.3 is 0 Å². The molecule has 0 aliphatic heterocycles. The average molecular weight is 311 g/mol. The van der Waals surface area contributed by atoms with Crippen LogP contribution in [0.15, 0.2) is 30.3 Å². The zero-order valence-corrected chi connectivity index (χ0v) is 14.4. The molecule has 3 nitrogen and oxygen atoms in total. The fourth-order valence-electron chi connectivity index (χ4n) is 2.81. The molecule has 0 fully saturated rings. The van der Waals surface area contributed by atoms with E-state index in [1.54, 1.807) is 0 Å². The van der Waals surface area contributed by atoms with Gasteiger partial charge in [0.2, 0.25) is 0 Å². The molecule has 0 heterocycles.